The number of nitrogens with zero attached hydrogens (tertiary/aromatic N) is 3. The van der Waals surface area contributed by atoms with Crippen LogP contribution in [0.4, 0.5) is 5.69 Å². The number of aromatic nitrogens is 3. The molecule has 10 heteroatoms. The molecule has 3 rings (SSSR count). The van der Waals surface area contributed by atoms with Crippen LogP contribution in [0.3, 0.4) is 0 Å². The fourth-order valence-corrected chi connectivity index (χ4v) is 4.96. The molecule has 2 aromatic heterocycles. The molecule has 1 aromatic carbocycles. The van der Waals surface area contributed by atoms with Crippen molar-refractivity contribution in [2.75, 3.05) is 11.1 Å². The Hall–Kier alpha value is -1.25. The number of carbonyl (C=O) groups is 1. The van der Waals surface area contributed by atoms with Crippen LogP contribution in [-0.4, -0.2) is 26.4 Å². The fourth-order valence-electron chi connectivity index (χ4n) is 2.72. The van der Waals surface area contributed by atoms with Crippen LogP contribution in [0, 0.1) is 6.92 Å². The third-order valence-electron chi connectivity index (χ3n) is 4.15. The van der Waals surface area contributed by atoms with Gasteiger partial charge in [0.25, 0.3) is 0 Å². The first-order valence-electron chi connectivity index (χ1n) is 8.35. The molecule has 0 saturated heterocycles. The molecule has 2 heterocycles. The van der Waals surface area contributed by atoms with Gasteiger partial charge in [0, 0.05) is 22.9 Å². The summed E-state index contributed by atoms with van der Waals surface area (Å²) >= 11 is 21.0. The fraction of sp³-hybridized carbons (Fsp3) is 0.278. The first kappa shape index (κ1) is 21.5. The summed E-state index contributed by atoms with van der Waals surface area (Å²) in [6, 6.07) is 3.03. The van der Waals surface area contributed by atoms with Crippen molar-refractivity contribution in [2.24, 2.45) is 7.05 Å². The normalized spacial score (nSPS) is 11.1. The van der Waals surface area contributed by atoms with Crippen molar-refractivity contribution in [1.82, 2.24) is 14.8 Å². The Kier molecular flexibility index (Phi) is 6.94. The number of anilines is 1. The van der Waals surface area contributed by atoms with Gasteiger partial charge in [-0.2, -0.15) is 0 Å². The molecule has 0 spiro atoms. The SMILES string of the molecule is CCc1c(-c2nnc(SCC(=O)Nc3cc(Cl)c(Cl)cc3Cl)n2C)csc1C. The summed E-state index contributed by atoms with van der Waals surface area (Å²) in [6.07, 6.45) is 0.937. The van der Waals surface area contributed by atoms with Crippen molar-refractivity contribution in [3.8, 4) is 11.4 Å². The van der Waals surface area contributed by atoms with Gasteiger partial charge in [-0.05, 0) is 31.0 Å². The van der Waals surface area contributed by atoms with E-state index in [-0.39, 0.29) is 11.7 Å². The minimum Gasteiger partial charge on any atom is -0.324 e. The second-order valence-electron chi connectivity index (χ2n) is 5.99. The van der Waals surface area contributed by atoms with E-state index in [0.29, 0.717) is 25.9 Å². The Bertz CT molecular complexity index is 1030. The second kappa shape index (κ2) is 9.05. The molecule has 0 aliphatic carbocycles. The molecular weight excluding hydrogens is 459 g/mol. The van der Waals surface area contributed by atoms with E-state index in [1.165, 1.54) is 34.3 Å². The van der Waals surface area contributed by atoms with Crippen molar-refractivity contribution < 1.29 is 4.79 Å². The Morgan fingerprint density at radius 1 is 1.21 bits per heavy atom. The van der Waals surface area contributed by atoms with Crippen molar-refractivity contribution >= 4 is 69.5 Å². The number of amides is 1. The zero-order valence-electron chi connectivity index (χ0n) is 15.3. The minimum atomic E-state index is -0.226. The van der Waals surface area contributed by atoms with Crippen LogP contribution in [0.15, 0.2) is 22.7 Å². The van der Waals surface area contributed by atoms with Crippen LogP contribution in [0.5, 0.6) is 0 Å². The molecule has 0 aliphatic heterocycles. The number of aryl methyl sites for hydroxylation is 1. The van der Waals surface area contributed by atoms with Gasteiger partial charge in [-0.1, -0.05) is 53.5 Å². The van der Waals surface area contributed by atoms with E-state index in [1.54, 1.807) is 11.3 Å². The van der Waals surface area contributed by atoms with E-state index in [2.05, 4.69) is 34.7 Å². The number of hydrogen-bond donors (Lipinski definition) is 1. The predicted molar refractivity (Wildman–Crippen MR) is 119 cm³/mol. The van der Waals surface area contributed by atoms with Gasteiger partial charge >= 0.3 is 0 Å². The van der Waals surface area contributed by atoms with Gasteiger partial charge < -0.3 is 9.88 Å². The molecule has 148 valence electrons. The summed E-state index contributed by atoms with van der Waals surface area (Å²) < 4.78 is 1.91. The highest BCUT2D eigenvalue weighted by atomic mass is 35.5. The van der Waals surface area contributed by atoms with E-state index in [4.69, 9.17) is 34.8 Å². The number of hydrogen-bond acceptors (Lipinski definition) is 5. The molecule has 5 nitrogen and oxygen atoms in total. The van der Waals surface area contributed by atoms with Crippen molar-refractivity contribution in [3.63, 3.8) is 0 Å². The predicted octanol–water partition coefficient (Wildman–Crippen LogP) is 6.11. The smallest absolute Gasteiger partial charge is 0.234 e. The number of rotatable bonds is 6. The topological polar surface area (TPSA) is 59.8 Å². The van der Waals surface area contributed by atoms with Gasteiger partial charge in [0.1, 0.15) is 0 Å². The summed E-state index contributed by atoms with van der Waals surface area (Å²) in [4.78, 5) is 13.6. The molecule has 0 atom stereocenters. The number of benzene rings is 1. The summed E-state index contributed by atoms with van der Waals surface area (Å²) in [5.74, 6) is 0.735. The first-order valence-corrected chi connectivity index (χ1v) is 11.4. The van der Waals surface area contributed by atoms with Crippen LogP contribution < -0.4 is 5.32 Å². The van der Waals surface area contributed by atoms with Crippen LogP contribution >= 0.6 is 57.9 Å². The molecule has 3 aromatic rings. The zero-order chi connectivity index (χ0) is 20.4. The molecule has 0 saturated carbocycles. The van der Waals surface area contributed by atoms with Crippen molar-refractivity contribution in [1.29, 1.82) is 0 Å². The van der Waals surface area contributed by atoms with Gasteiger partial charge in [0.05, 0.1) is 26.5 Å². The molecule has 1 N–H and O–H groups in total. The average Bonchev–Trinajstić information content (AvgIpc) is 3.19. The Morgan fingerprint density at radius 2 is 1.93 bits per heavy atom. The van der Waals surface area contributed by atoms with E-state index >= 15 is 0 Å². The molecule has 0 fully saturated rings. The van der Waals surface area contributed by atoms with Crippen molar-refractivity contribution in [2.45, 2.75) is 25.4 Å². The Balaban J connectivity index is 1.69. The highest BCUT2D eigenvalue weighted by molar-refractivity contribution is 7.99. The third-order valence-corrected chi connectivity index (χ3v) is 7.16. The van der Waals surface area contributed by atoms with Crippen LogP contribution in [0.25, 0.3) is 11.4 Å². The lowest BCUT2D eigenvalue weighted by molar-refractivity contribution is -0.113. The van der Waals surface area contributed by atoms with E-state index < -0.39 is 0 Å². The third kappa shape index (κ3) is 4.49. The second-order valence-corrected chi connectivity index (χ2v) is 9.23. The van der Waals surface area contributed by atoms with Crippen LogP contribution in [0.1, 0.15) is 17.4 Å². The van der Waals surface area contributed by atoms with Crippen LogP contribution in [0.2, 0.25) is 15.1 Å². The molecular formula is C18H17Cl3N4OS2. The molecule has 0 aliphatic rings. The largest absolute Gasteiger partial charge is 0.324 e. The van der Waals surface area contributed by atoms with Crippen LogP contribution in [-0.2, 0) is 18.3 Å². The molecule has 28 heavy (non-hydrogen) atoms. The van der Waals surface area contributed by atoms with E-state index in [9.17, 15) is 4.79 Å². The molecule has 0 radical (unpaired) electrons. The average molecular weight is 476 g/mol. The quantitative estimate of drug-likeness (QED) is 0.345. The summed E-state index contributed by atoms with van der Waals surface area (Å²) in [7, 11) is 1.90. The lowest BCUT2D eigenvalue weighted by Crippen LogP contribution is -2.14. The van der Waals surface area contributed by atoms with E-state index in [1.807, 2.05) is 11.6 Å². The lowest BCUT2D eigenvalue weighted by atomic mass is 10.1. The number of nitrogens with one attached hydrogen (secondary N) is 1. The number of carbonyl (C=O) groups excluding carboxylic acids is 1. The monoisotopic (exact) mass is 474 g/mol. The maximum Gasteiger partial charge on any atom is 0.234 e. The highest BCUT2D eigenvalue weighted by Gasteiger charge is 2.18. The van der Waals surface area contributed by atoms with Gasteiger partial charge in [0.2, 0.25) is 5.91 Å². The molecule has 1 amide bonds. The minimum absolute atomic E-state index is 0.159. The molecule has 0 bridgehead atoms. The van der Waals surface area contributed by atoms with Gasteiger partial charge in [-0.15, -0.1) is 21.5 Å². The van der Waals surface area contributed by atoms with Gasteiger partial charge in [0.15, 0.2) is 11.0 Å². The lowest BCUT2D eigenvalue weighted by Gasteiger charge is -2.09. The Morgan fingerprint density at radius 3 is 2.64 bits per heavy atom. The van der Waals surface area contributed by atoms with E-state index in [0.717, 1.165) is 17.8 Å². The molecule has 0 unspecified atom stereocenters. The zero-order valence-corrected chi connectivity index (χ0v) is 19.2. The van der Waals surface area contributed by atoms with Gasteiger partial charge in [-0.3, -0.25) is 4.79 Å². The highest BCUT2D eigenvalue weighted by Crippen LogP contribution is 2.33. The number of thioether (sulfide) groups is 1. The van der Waals surface area contributed by atoms with Gasteiger partial charge in [-0.25, -0.2) is 0 Å². The summed E-state index contributed by atoms with van der Waals surface area (Å²) in [6.45, 7) is 4.24. The standard InChI is InChI=1S/C18H17Cl3N4OS2/c1-4-10-9(2)27-7-11(10)17-23-24-18(25(17)3)28-8-16(26)22-15-6-13(20)12(19)5-14(15)21/h5-7H,4,8H2,1-3H3,(H,22,26). The maximum absolute atomic E-state index is 12.3. The number of halogens is 3. The first-order chi connectivity index (χ1) is 13.3. The maximum atomic E-state index is 12.3. The van der Waals surface area contributed by atoms with Crippen molar-refractivity contribution in [3.05, 3.63) is 43.0 Å². The Labute approximate surface area is 186 Å². The number of thiophene rings is 1. The summed E-state index contributed by atoms with van der Waals surface area (Å²) in [5, 5.41) is 15.0. The summed E-state index contributed by atoms with van der Waals surface area (Å²) in [5.41, 5.74) is 2.80.